The minimum atomic E-state index is 0.566. The molecule has 2 N–H and O–H groups in total. The molecule has 1 aromatic heterocycles. The maximum Gasteiger partial charge on any atom is 0.123 e. The first kappa shape index (κ1) is 13.5. The molecule has 20 heavy (non-hydrogen) atoms. The lowest BCUT2D eigenvalue weighted by atomic mass is 10.1. The number of furan rings is 1. The number of rotatable bonds is 6. The molecule has 0 spiro atoms. The van der Waals surface area contributed by atoms with Crippen molar-refractivity contribution >= 4 is 17.3 Å². The minimum absolute atomic E-state index is 0.566. The zero-order chi connectivity index (χ0) is 13.9. The van der Waals surface area contributed by atoms with Gasteiger partial charge in [-0.05, 0) is 49.6 Å². The van der Waals surface area contributed by atoms with Gasteiger partial charge in [0.1, 0.15) is 5.76 Å². The van der Waals surface area contributed by atoms with Gasteiger partial charge in [0.05, 0.1) is 23.5 Å². The van der Waals surface area contributed by atoms with Crippen LogP contribution in [0.3, 0.4) is 0 Å². The van der Waals surface area contributed by atoms with Crippen molar-refractivity contribution in [1.29, 1.82) is 0 Å². The van der Waals surface area contributed by atoms with Crippen molar-refractivity contribution in [3.05, 3.63) is 52.9 Å². The third kappa shape index (κ3) is 2.84. The summed E-state index contributed by atoms with van der Waals surface area (Å²) in [6.45, 7) is 1.39. The Bertz CT molecular complexity index is 564. The molecule has 1 aliphatic carbocycles. The van der Waals surface area contributed by atoms with E-state index >= 15 is 0 Å². The average Bonchev–Trinajstić information content (AvgIpc) is 3.15. The van der Waals surface area contributed by atoms with E-state index in [1.165, 1.54) is 18.4 Å². The molecule has 1 saturated carbocycles. The Morgan fingerprint density at radius 2 is 2.10 bits per heavy atom. The molecule has 1 heterocycles. The Balaban J connectivity index is 1.94. The molecule has 2 aromatic rings. The number of hydrogen-bond donors (Lipinski definition) is 1. The molecule has 1 fully saturated rings. The lowest BCUT2D eigenvalue weighted by Crippen LogP contribution is -2.26. The summed E-state index contributed by atoms with van der Waals surface area (Å²) < 4.78 is 5.49. The molecular weight excluding hydrogens is 272 g/mol. The SMILES string of the molecule is NCCc1cccc(Cl)c1N(Cc1ccco1)C1CC1. The Morgan fingerprint density at radius 3 is 2.75 bits per heavy atom. The second-order valence-corrected chi connectivity index (χ2v) is 5.63. The Morgan fingerprint density at radius 1 is 1.25 bits per heavy atom. The zero-order valence-electron chi connectivity index (χ0n) is 11.4. The summed E-state index contributed by atoms with van der Waals surface area (Å²) in [6.07, 6.45) is 4.99. The van der Waals surface area contributed by atoms with Crippen LogP contribution in [0.4, 0.5) is 5.69 Å². The van der Waals surface area contributed by atoms with Crippen molar-refractivity contribution in [2.45, 2.75) is 31.8 Å². The van der Waals surface area contributed by atoms with Crippen LogP contribution in [0.15, 0.2) is 41.0 Å². The highest BCUT2D eigenvalue weighted by Gasteiger charge is 2.32. The largest absolute Gasteiger partial charge is 0.467 e. The van der Waals surface area contributed by atoms with Crippen LogP contribution in [0.25, 0.3) is 0 Å². The molecule has 0 amide bonds. The van der Waals surface area contributed by atoms with Crippen LogP contribution in [0.1, 0.15) is 24.2 Å². The smallest absolute Gasteiger partial charge is 0.123 e. The predicted molar refractivity (Wildman–Crippen MR) is 82.1 cm³/mol. The highest BCUT2D eigenvalue weighted by atomic mass is 35.5. The van der Waals surface area contributed by atoms with Crippen molar-refractivity contribution in [3.8, 4) is 0 Å². The van der Waals surface area contributed by atoms with Crippen LogP contribution in [0, 0.1) is 0 Å². The van der Waals surface area contributed by atoms with Crippen LogP contribution in [-0.2, 0) is 13.0 Å². The summed E-state index contributed by atoms with van der Waals surface area (Å²) in [7, 11) is 0. The Kier molecular flexibility index (Phi) is 3.99. The number of benzene rings is 1. The Hall–Kier alpha value is -1.45. The maximum atomic E-state index is 6.46. The number of nitrogens with two attached hydrogens (primary N) is 1. The van der Waals surface area contributed by atoms with Gasteiger partial charge in [0, 0.05) is 6.04 Å². The minimum Gasteiger partial charge on any atom is -0.467 e. The van der Waals surface area contributed by atoms with Crippen LogP contribution in [-0.4, -0.2) is 12.6 Å². The first-order valence-electron chi connectivity index (χ1n) is 7.06. The van der Waals surface area contributed by atoms with Crippen molar-refractivity contribution in [1.82, 2.24) is 0 Å². The van der Waals surface area contributed by atoms with Gasteiger partial charge in [-0.15, -0.1) is 0 Å². The first-order valence-corrected chi connectivity index (χ1v) is 7.44. The van der Waals surface area contributed by atoms with E-state index in [1.807, 2.05) is 24.3 Å². The van der Waals surface area contributed by atoms with Crippen molar-refractivity contribution in [2.75, 3.05) is 11.4 Å². The third-order valence-corrected chi connectivity index (χ3v) is 3.97. The van der Waals surface area contributed by atoms with Crippen LogP contribution >= 0.6 is 11.6 Å². The molecule has 0 radical (unpaired) electrons. The summed E-state index contributed by atoms with van der Waals surface area (Å²) >= 11 is 6.46. The highest BCUT2D eigenvalue weighted by molar-refractivity contribution is 6.33. The van der Waals surface area contributed by atoms with Gasteiger partial charge in [-0.3, -0.25) is 0 Å². The normalized spacial score (nSPS) is 14.5. The quantitative estimate of drug-likeness (QED) is 0.884. The number of anilines is 1. The van der Waals surface area contributed by atoms with E-state index in [0.717, 1.165) is 29.4 Å². The van der Waals surface area contributed by atoms with Crippen LogP contribution in [0.2, 0.25) is 5.02 Å². The number of hydrogen-bond acceptors (Lipinski definition) is 3. The fourth-order valence-corrected chi connectivity index (χ4v) is 2.89. The van der Waals surface area contributed by atoms with Crippen molar-refractivity contribution in [2.24, 2.45) is 5.73 Å². The monoisotopic (exact) mass is 290 g/mol. The van der Waals surface area contributed by atoms with E-state index in [4.69, 9.17) is 21.8 Å². The van der Waals surface area contributed by atoms with E-state index in [0.29, 0.717) is 12.6 Å². The van der Waals surface area contributed by atoms with Gasteiger partial charge < -0.3 is 15.1 Å². The molecule has 1 aliphatic rings. The fourth-order valence-electron chi connectivity index (χ4n) is 2.59. The number of halogens is 1. The second-order valence-electron chi connectivity index (χ2n) is 5.22. The average molecular weight is 291 g/mol. The van der Waals surface area contributed by atoms with Gasteiger partial charge in [-0.25, -0.2) is 0 Å². The number of para-hydroxylation sites is 1. The van der Waals surface area contributed by atoms with Gasteiger partial charge in [-0.2, -0.15) is 0 Å². The molecule has 0 bridgehead atoms. The lowest BCUT2D eigenvalue weighted by Gasteiger charge is -2.27. The van der Waals surface area contributed by atoms with Gasteiger partial charge >= 0.3 is 0 Å². The van der Waals surface area contributed by atoms with E-state index in [2.05, 4.69) is 11.0 Å². The molecule has 0 aliphatic heterocycles. The molecule has 3 nitrogen and oxygen atoms in total. The van der Waals surface area contributed by atoms with Crippen molar-refractivity contribution < 1.29 is 4.42 Å². The molecule has 1 aromatic carbocycles. The Labute approximate surface area is 124 Å². The summed E-state index contributed by atoms with van der Waals surface area (Å²) in [5.74, 6) is 0.968. The van der Waals surface area contributed by atoms with Gasteiger partial charge in [0.2, 0.25) is 0 Å². The molecule has 4 heteroatoms. The fraction of sp³-hybridized carbons (Fsp3) is 0.375. The summed E-state index contributed by atoms with van der Waals surface area (Å²) in [5, 5.41) is 0.800. The van der Waals surface area contributed by atoms with Gasteiger partial charge in [0.15, 0.2) is 0 Å². The van der Waals surface area contributed by atoms with E-state index < -0.39 is 0 Å². The second kappa shape index (κ2) is 5.90. The topological polar surface area (TPSA) is 42.4 Å². The molecule has 0 saturated heterocycles. The molecule has 0 atom stereocenters. The van der Waals surface area contributed by atoms with Crippen LogP contribution < -0.4 is 10.6 Å². The van der Waals surface area contributed by atoms with E-state index in [9.17, 15) is 0 Å². The maximum absolute atomic E-state index is 6.46. The zero-order valence-corrected chi connectivity index (χ0v) is 12.1. The highest BCUT2D eigenvalue weighted by Crippen LogP contribution is 2.39. The van der Waals surface area contributed by atoms with E-state index in [-0.39, 0.29) is 0 Å². The molecule has 0 unspecified atom stereocenters. The van der Waals surface area contributed by atoms with E-state index in [1.54, 1.807) is 6.26 Å². The third-order valence-electron chi connectivity index (χ3n) is 3.67. The lowest BCUT2D eigenvalue weighted by molar-refractivity contribution is 0.501. The standard InChI is InChI=1S/C16H19ClN2O/c17-15-5-1-3-12(8-9-18)16(15)19(13-6-7-13)11-14-4-2-10-20-14/h1-5,10,13H,6-9,11,18H2. The number of nitrogens with zero attached hydrogens (tertiary/aromatic N) is 1. The summed E-state index contributed by atoms with van der Waals surface area (Å²) in [5.41, 5.74) is 8.07. The van der Waals surface area contributed by atoms with Gasteiger partial charge in [0.25, 0.3) is 0 Å². The first-order chi connectivity index (χ1) is 9.79. The van der Waals surface area contributed by atoms with Crippen molar-refractivity contribution in [3.63, 3.8) is 0 Å². The summed E-state index contributed by atoms with van der Waals surface area (Å²) in [6, 6.07) is 10.6. The van der Waals surface area contributed by atoms with Crippen LogP contribution in [0.5, 0.6) is 0 Å². The molecule has 106 valence electrons. The molecular formula is C16H19ClN2O. The predicted octanol–water partition coefficient (Wildman–Crippen LogP) is 3.60. The van der Waals surface area contributed by atoms with Gasteiger partial charge in [-0.1, -0.05) is 23.7 Å². The molecule has 3 rings (SSSR count). The summed E-state index contributed by atoms with van der Waals surface area (Å²) in [4.78, 5) is 2.37.